The Bertz CT molecular complexity index is 849. The number of urea groups is 1. The molecule has 2 amide bonds. The van der Waals surface area contributed by atoms with Crippen LogP contribution in [0.5, 0.6) is 11.5 Å². The fraction of sp³-hybridized carbons (Fsp3) is 0.222. The quantitative estimate of drug-likeness (QED) is 0.639. The average Bonchev–Trinajstić information content (AvgIpc) is 2.72. The molecule has 2 aromatic rings. The minimum absolute atomic E-state index is 0.186. The average molecular weight is 404 g/mol. The van der Waals surface area contributed by atoms with Crippen molar-refractivity contribution in [3.63, 3.8) is 0 Å². The van der Waals surface area contributed by atoms with Crippen LogP contribution in [0.15, 0.2) is 46.0 Å². The number of rotatable bonds is 1. The number of fused-ring (bicyclic) bond motifs is 1. The van der Waals surface area contributed by atoms with Gasteiger partial charge in [0.25, 0.3) is 0 Å². The maximum absolute atomic E-state index is 12.2. The molecule has 3 N–H and O–H groups in total. The molecule has 0 bridgehead atoms. The molecule has 7 heteroatoms. The molecule has 3 rings (SSSR count). The van der Waals surface area contributed by atoms with Gasteiger partial charge in [-0.25, -0.2) is 9.80 Å². The summed E-state index contributed by atoms with van der Waals surface area (Å²) in [4.78, 5) is 12.2. The number of benzene rings is 2. The van der Waals surface area contributed by atoms with Crippen LogP contribution in [0.4, 0.5) is 4.79 Å². The van der Waals surface area contributed by atoms with E-state index in [4.69, 9.17) is 0 Å². The highest BCUT2D eigenvalue weighted by molar-refractivity contribution is 9.10. The molecule has 0 aliphatic carbocycles. The molecule has 6 nitrogen and oxygen atoms in total. The van der Waals surface area contributed by atoms with Crippen LogP contribution in [0.2, 0.25) is 0 Å². The summed E-state index contributed by atoms with van der Waals surface area (Å²) in [6.07, 6.45) is 0.500. The van der Waals surface area contributed by atoms with Crippen molar-refractivity contribution in [3.8, 4) is 11.5 Å². The fourth-order valence-corrected chi connectivity index (χ4v) is 3.12. The van der Waals surface area contributed by atoms with Crippen LogP contribution in [0.25, 0.3) is 0 Å². The maximum atomic E-state index is 12.2. The van der Waals surface area contributed by atoms with Crippen LogP contribution in [-0.4, -0.2) is 40.1 Å². The molecule has 0 saturated carbocycles. The Morgan fingerprint density at radius 2 is 1.88 bits per heavy atom. The van der Waals surface area contributed by atoms with Gasteiger partial charge in [-0.2, -0.15) is 5.10 Å². The molecule has 0 radical (unpaired) electrons. The van der Waals surface area contributed by atoms with E-state index in [1.54, 1.807) is 7.05 Å². The number of amides is 2. The molecule has 1 aliphatic heterocycles. The van der Waals surface area contributed by atoms with Gasteiger partial charge < -0.3 is 15.5 Å². The van der Waals surface area contributed by atoms with Crippen LogP contribution >= 0.6 is 15.9 Å². The summed E-state index contributed by atoms with van der Waals surface area (Å²) >= 11 is 3.41. The summed E-state index contributed by atoms with van der Waals surface area (Å²) in [5.74, 6) is -0.404. The van der Waals surface area contributed by atoms with Crippen LogP contribution in [0.3, 0.4) is 0 Å². The molecule has 25 heavy (non-hydrogen) atoms. The van der Waals surface area contributed by atoms with E-state index in [1.165, 1.54) is 17.1 Å². The van der Waals surface area contributed by atoms with E-state index in [9.17, 15) is 15.0 Å². The van der Waals surface area contributed by atoms with Gasteiger partial charge in [-0.3, -0.25) is 0 Å². The van der Waals surface area contributed by atoms with Crippen molar-refractivity contribution < 1.29 is 15.0 Å². The molecule has 1 unspecified atom stereocenters. The van der Waals surface area contributed by atoms with Gasteiger partial charge >= 0.3 is 6.03 Å². The second kappa shape index (κ2) is 6.76. The second-order valence-electron chi connectivity index (χ2n) is 5.91. The third-order valence-electron chi connectivity index (χ3n) is 4.14. The molecule has 1 aliphatic rings. The van der Waals surface area contributed by atoms with Crippen molar-refractivity contribution in [2.75, 3.05) is 7.05 Å². The van der Waals surface area contributed by atoms with Crippen molar-refractivity contribution in [2.24, 2.45) is 5.10 Å². The zero-order chi connectivity index (χ0) is 18.1. The van der Waals surface area contributed by atoms with Crippen molar-refractivity contribution in [2.45, 2.75) is 19.4 Å². The molecule has 2 aromatic carbocycles. The Kier molecular flexibility index (Phi) is 4.67. The second-order valence-corrected chi connectivity index (χ2v) is 6.82. The highest BCUT2D eigenvalue weighted by atomic mass is 79.9. The molecule has 1 atom stereocenters. The lowest BCUT2D eigenvalue weighted by Crippen LogP contribution is -2.41. The van der Waals surface area contributed by atoms with Crippen LogP contribution in [0.1, 0.15) is 23.6 Å². The highest BCUT2D eigenvalue weighted by Crippen LogP contribution is 2.33. The number of halogens is 1. The minimum Gasteiger partial charge on any atom is -0.504 e. The van der Waals surface area contributed by atoms with E-state index in [0.717, 1.165) is 15.6 Å². The Balaban J connectivity index is 2.23. The zero-order valence-electron chi connectivity index (χ0n) is 13.8. The molecule has 0 aromatic heterocycles. The summed E-state index contributed by atoms with van der Waals surface area (Å²) in [5, 5.41) is 28.4. The van der Waals surface area contributed by atoms with Gasteiger partial charge in [-0.05, 0) is 43.2 Å². The highest BCUT2D eigenvalue weighted by Gasteiger charge is 2.27. The van der Waals surface area contributed by atoms with E-state index < -0.39 is 0 Å². The lowest BCUT2D eigenvalue weighted by atomic mass is 9.94. The van der Waals surface area contributed by atoms with Crippen molar-refractivity contribution in [1.29, 1.82) is 0 Å². The third-order valence-corrected chi connectivity index (χ3v) is 4.66. The SMILES string of the molecule is CNC(=O)N1N=C(c2ccc(Br)cc2)c2cc(O)c(O)cc2CC1C. The number of nitrogens with one attached hydrogen (secondary N) is 1. The van der Waals surface area contributed by atoms with E-state index in [0.29, 0.717) is 17.7 Å². The summed E-state index contributed by atoms with van der Waals surface area (Å²) in [6.45, 7) is 1.89. The standard InChI is InChI=1S/C18H18BrN3O3/c1-10-7-12-8-15(23)16(24)9-14(12)17(21-22(10)18(25)20-2)11-3-5-13(19)6-4-11/h3-6,8-10,23-24H,7H2,1-2H3,(H,20,25). The lowest BCUT2D eigenvalue weighted by Gasteiger charge is -2.22. The molecular formula is C18H18BrN3O3. The number of nitrogens with zero attached hydrogens (tertiary/aromatic N) is 2. The van der Waals surface area contributed by atoms with Gasteiger partial charge in [0.2, 0.25) is 0 Å². The molecular weight excluding hydrogens is 386 g/mol. The lowest BCUT2D eigenvalue weighted by molar-refractivity contribution is 0.184. The fourth-order valence-electron chi connectivity index (χ4n) is 2.86. The van der Waals surface area contributed by atoms with Crippen molar-refractivity contribution in [1.82, 2.24) is 10.3 Å². The predicted octanol–water partition coefficient (Wildman–Crippen LogP) is 3.20. The number of hydrogen-bond donors (Lipinski definition) is 3. The number of phenolic OH excluding ortho intramolecular Hbond substituents is 2. The van der Waals surface area contributed by atoms with Crippen LogP contribution in [-0.2, 0) is 6.42 Å². The summed E-state index contributed by atoms with van der Waals surface area (Å²) in [5.41, 5.74) is 2.87. The predicted molar refractivity (Wildman–Crippen MR) is 99.0 cm³/mol. The summed E-state index contributed by atoms with van der Waals surface area (Å²) in [7, 11) is 1.56. The van der Waals surface area contributed by atoms with E-state index in [1.807, 2.05) is 31.2 Å². The zero-order valence-corrected chi connectivity index (χ0v) is 15.4. The first-order chi connectivity index (χ1) is 11.9. The Morgan fingerprint density at radius 1 is 1.24 bits per heavy atom. The Morgan fingerprint density at radius 3 is 2.52 bits per heavy atom. The van der Waals surface area contributed by atoms with Gasteiger partial charge in [-0.1, -0.05) is 28.1 Å². The number of aromatic hydroxyl groups is 2. The molecule has 0 saturated heterocycles. The molecule has 0 fully saturated rings. The number of hydrazone groups is 1. The first-order valence-electron chi connectivity index (χ1n) is 7.81. The smallest absolute Gasteiger partial charge is 0.337 e. The van der Waals surface area contributed by atoms with Gasteiger partial charge in [0, 0.05) is 22.6 Å². The third kappa shape index (κ3) is 3.32. The van der Waals surface area contributed by atoms with E-state index in [-0.39, 0.29) is 23.6 Å². The largest absolute Gasteiger partial charge is 0.504 e. The van der Waals surface area contributed by atoms with Crippen LogP contribution < -0.4 is 5.32 Å². The number of carbonyl (C=O) groups is 1. The monoisotopic (exact) mass is 403 g/mol. The van der Waals surface area contributed by atoms with Crippen molar-refractivity contribution in [3.05, 3.63) is 57.6 Å². The molecule has 0 spiro atoms. The summed E-state index contributed by atoms with van der Waals surface area (Å²) < 4.78 is 0.927. The summed E-state index contributed by atoms with van der Waals surface area (Å²) in [6, 6.07) is 10.0. The van der Waals surface area contributed by atoms with Gasteiger partial charge in [0.15, 0.2) is 11.5 Å². The first-order valence-corrected chi connectivity index (χ1v) is 8.60. The van der Waals surface area contributed by atoms with Gasteiger partial charge in [-0.15, -0.1) is 0 Å². The van der Waals surface area contributed by atoms with Gasteiger partial charge in [0.05, 0.1) is 11.8 Å². The van der Waals surface area contributed by atoms with Gasteiger partial charge in [0.1, 0.15) is 0 Å². The van der Waals surface area contributed by atoms with E-state index in [2.05, 4.69) is 26.3 Å². The molecule has 130 valence electrons. The number of hydrogen-bond acceptors (Lipinski definition) is 4. The van der Waals surface area contributed by atoms with Crippen molar-refractivity contribution >= 4 is 27.7 Å². The van der Waals surface area contributed by atoms with Crippen LogP contribution in [0, 0.1) is 0 Å². The topological polar surface area (TPSA) is 85.2 Å². The minimum atomic E-state index is -0.316. The number of phenols is 2. The number of carbonyl (C=O) groups excluding carboxylic acids is 1. The Labute approximate surface area is 153 Å². The maximum Gasteiger partial charge on any atom is 0.337 e. The normalized spacial score (nSPS) is 16.7. The molecule has 1 heterocycles. The Hall–Kier alpha value is -2.54. The van der Waals surface area contributed by atoms with E-state index >= 15 is 0 Å². The first kappa shape index (κ1) is 17.3.